The lowest BCUT2D eigenvalue weighted by Gasteiger charge is -2.12. The first-order chi connectivity index (χ1) is 13.3. The fraction of sp³-hybridized carbons (Fsp3) is 0.217. The van der Waals surface area contributed by atoms with Crippen LogP contribution in [-0.4, -0.2) is 18.3 Å². The van der Waals surface area contributed by atoms with Crippen molar-refractivity contribution >= 4 is 11.8 Å². The van der Waals surface area contributed by atoms with Gasteiger partial charge >= 0.3 is 0 Å². The van der Waals surface area contributed by atoms with Crippen LogP contribution < -0.4 is 10.1 Å². The van der Waals surface area contributed by atoms with E-state index in [4.69, 9.17) is 4.74 Å². The molecule has 0 aromatic heterocycles. The Kier molecular flexibility index (Phi) is 7.34. The highest BCUT2D eigenvalue weighted by atomic mass is 32.2. The Hall–Kier alpha value is -2.27. The third-order valence-electron chi connectivity index (χ3n) is 4.19. The molecule has 27 heavy (non-hydrogen) atoms. The Labute approximate surface area is 165 Å². The van der Waals surface area contributed by atoms with Gasteiger partial charge < -0.3 is 15.2 Å². The van der Waals surface area contributed by atoms with Crippen molar-refractivity contribution in [2.24, 2.45) is 0 Å². The molecule has 0 saturated heterocycles. The van der Waals surface area contributed by atoms with Crippen molar-refractivity contribution in [2.75, 3.05) is 13.2 Å². The highest BCUT2D eigenvalue weighted by molar-refractivity contribution is 7.99. The van der Waals surface area contributed by atoms with Gasteiger partial charge in [-0.3, -0.25) is 0 Å². The van der Waals surface area contributed by atoms with Crippen LogP contribution in [0.5, 0.6) is 5.75 Å². The first kappa shape index (κ1) is 19.5. The van der Waals surface area contributed by atoms with Crippen LogP contribution >= 0.6 is 11.8 Å². The fourth-order valence-electron chi connectivity index (χ4n) is 2.77. The molecule has 0 heterocycles. The third kappa shape index (κ3) is 5.86. The van der Waals surface area contributed by atoms with Crippen molar-refractivity contribution in [3.05, 3.63) is 89.5 Å². The molecule has 0 unspecified atom stereocenters. The summed E-state index contributed by atoms with van der Waals surface area (Å²) in [5, 5.41) is 13.0. The van der Waals surface area contributed by atoms with Gasteiger partial charge in [-0.15, -0.1) is 0 Å². The minimum absolute atomic E-state index is 0.0554. The van der Waals surface area contributed by atoms with Gasteiger partial charge in [-0.1, -0.05) is 60.3 Å². The van der Waals surface area contributed by atoms with E-state index in [1.165, 1.54) is 16.0 Å². The minimum atomic E-state index is 0.0554. The average Bonchev–Trinajstić information content (AvgIpc) is 2.69. The van der Waals surface area contributed by atoms with Gasteiger partial charge in [-0.25, -0.2) is 0 Å². The molecule has 0 radical (unpaired) electrons. The lowest BCUT2D eigenvalue weighted by atomic mass is 10.2. The molecule has 0 atom stereocenters. The summed E-state index contributed by atoms with van der Waals surface area (Å²) in [5.74, 6) is 0.911. The van der Waals surface area contributed by atoms with E-state index >= 15 is 0 Å². The van der Waals surface area contributed by atoms with Crippen LogP contribution in [0.1, 0.15) is 16.7 Å². The molecule has 0 aliphatic rings. The van der Waals surface area contributed by atoms with Gasteiger partial charge in [0.15, 0.2) is 0 Å². The van der Waals surface area contributed by atoms with Crippen molar-refractivity contribution in [2.45, 2.75) is 29.9 Å². The lowest BCUT2D eigenvalue weighted by Crippen LogP contribution is -2.20. The second-order valence-corrected chi connectivity index (χ2v) is 7.40. The number of benzene rings is 3. The molecule has 4 heteroatoms. The molecular formula is C23H25NO2S. The number of aliphatic hydroxyl groups is 1. The van der Waals surface area contributed by atoms with Crippen LogP contribution in [0.2, 0.25) is 0 Å². The van der Waals surface area contributed by atoms with Crippen LogP contribution in [0.3, 0.4) is 0 Å². The maximum Gasteiger partial charge on any atom is 0.119 e. The van der Waals surface area contributed by atoms with Crippen LogP contribution in [0.25, 0.3) is 0 Å². The number of rotatable bonds is 9. The zero-order valence-corrected chi connectivity index (χ0v) is 16.3. The zero-order chi connectivity index (χ0) is 18.9. The van der Waals surface area contributed by atoms with Crippen LogP contribution in [0, 0.1) is 6.92 Å². The molecule has 3 aromatic rings. The normalized spacial score (nSPS) is 10.7. The number of hydrogen-bond acceptors (Lipinski definition) is 4. The zero-order valence-electron chi connectivity index (χ0n) is 15.5. The third-order valence-corrected chi connectivity index (χ3v) is 5.42. The van der Waals surface area contributed by atoms with Gasteiger partial charge in [-0.2, -0.15) is 0 Å². The number of ether oxygens (including phenoxy) is 1. The van der Waals surface area contributed by atoms with Crippen molar-refractivity contribution in [3.63, 3.8) is 0 Å². The predicted octanol–water partition coefficient (Wildman–Crippen LogP) is 4.81. The van der Waals surface area contributed by atoms with E-state index in [1.54, 1.807) is 11.8 Å². The molecule has 2 N–H and O–H groups in total. The van der Waals surface area contributed by atoms with E-state index in [2.05, 4.69) is 42.6 Å². The first-order valence-electron chi connectivity index (χ1n) is 9.11. The molecule has 0 spiro atoms. The van der Waals surface area contributed by atoms with Crippen molar-refractivity contribution in [1.82, 2.24) is 5.32 Å². The van der Waals surface area contributed by atoms with Gasteiger partial charge in [-0.05, 0) is 47.9 Å². The summed E-state index contributed by atoms with van der Waals surface area (Å²) < 4.78 is 5.79. The number of aryl methyl sites for hydroxylation is 1. The Morgan fingerprint density at radius 1 is 0.889 bits per heavy atom. The molecule has 0 aliphatic heterocycles. The summed E-state index contributed by atoms with van der Waals surface area (Å²) in [7, 11) is 0. The summed E-state index contributed by atoms with van der Waals surface area (Å²) in [6.45, 7) is 4.31. The van der Waals surface area contributed by atoms with E-state index in [1.807, 2.05) is 42.5 Å². The summed E-state index contributed by atoms with van der Waals surface area (Å²) in [6, 6.07) is 24.4. The van der Waals surface area contributed by atoms with E-state index in [-0.39, 0.29) is 6.61 Å². The molecule has 0 aliphatic carbocycles. The van der Waals surface area contributed by atoms with E-state index in [0.29, 0.717) is 6.61 Å². The maximum absolute atomic E-state index is 9.54. The van der Waals surface area contributed by atoms with Crippen molar-refractivity contribution < 1.29 is 9.84 Å². The number of aliphatic hydroxyl groups excluding tert-OH is 1. The van der Waals surface area contributed by atoms with Gasteiger partial charge in [0.25, 0.3) is 0 Å². The van der Waals surface area contributed by atoms with E-state index in [9.17, 15) is 5.11 Å². The van der Waals surface area contributed by atoms with E-state index in [0.717, 1.165) is 29.3 Å². The largest absolute Gasteiger partial charge is 0.492 e. The minimum Gasteiger partial charge on any atom is -0.492 e. The van der Waals surface area contributed by atoms with Crippen LogP contribution in [0.15, 0.2) is 82.6 Å². The standard InChI is InChI=1S/C23H25NO2S/c1-18-7-6-10-21(15-18)26-14-13-24-16-19-8-2-4-11-22(19)27-23-12-5-3-9-20(23)17-25/h2-12,15,24-25H,13-14,16-17H2,1H3. The molecule has 140 valence electrons. The predicted molar refractivity (Wildman–Crippen MR) is 111 cm³/mol. The molecule has 0 bridgehead atoms. The molecule has 0 amide bonds. The second kappa shape index (κ2) is 10.2. The molecule has 3 nitrogen and oxygen atoms in total. The second-order valence-electron chi connectivity index (χ2n) is 6.32. The smallest absolute Gasteiger partial charge is 0.119 e. The summed E-state index contributed by atoms with van der Waals surface area (Å²) in [6.07, 6.45) is 0. The average molecular weight is 380 g/mol. The summed E-state index contributed by atoms with van der Waals surface area (Å²) in [4.78, 5) is 2.29. The van der Waals surface area contributed by atoms with Crippen LogP contribution in [-0.2, 0) is 13.2 Å². The maximum atomic E-state index is 9.54. The van der Waals surface area contributed by atoms with E-state index < -0.39 is 0 Å². The lowest BCUT2D eigenvalue weighted by molar-refractivity contribution is 0.279. The molecule has 0 fully saturated rings. The first-order valence-corrected chi connectivity index (χ1v) is 9.92. The topological polar surface area (TPSA) is 41.5 Å². The quantitative estimate of drug-likeness (QED) is 0.524. The highest BCUT2D eigenvalue weighted by Gasteiger charge is 2.07. The summed E-state index contributed by atoms with van der Waals surface area (Å²) in [5.41, 5.74) is 3.40. The highest BCUT2D eigenvalue weighted by Crippen LogP contribution is 2.32. The Bertz CT molecular complexity index is 866. The monoisotopic (exact) mass is 379 g/mol. The Morgan fingerprint density at radius 2 is 1.59 bits per heavy atom. The van der Waals surface area contributed by atoms with Gasteiger partial charge in [0.1, 0.15) is 12.4 Å². The van der Waals surface area contributed by atoms with Gasteiger partial charge in [0, 0.05) is 22.9 Å². The molecular weight excluding hydrogens is 354 g/mol. The Balaban J connectivity index is 1.53. The SMILES string of the molecule is Cc1cccc(OCCNCc2ccccc2Sc2ccccc2CO)c1. The van der Waals surface area contributed by atoms with Crippen LogP contribution in [0.4, 0.5) is 0 Å². The molecule has 3 rings (SSSR count). The van der Waals surface area contributed by atoms with Gasteiger partial charge in [0.05, 0.1) is 6.61 Å². The molecule has 0 saturated carbocycles. The number of hydrogen-bond donors (Lipinski definition) is 2. The van der Waals surface area contributed by atoms with Crippen molar-refractivity contribution in [3.8, 4) is 5.75 Å². The fourth-order valence-corrected chi connectivity index (χ4v) is 3.84. The van der Waals surface area contributed by atoms with Gasteiger partial charge in [0.2, 0.25) is 0 Å². The number of nitrogens with one attached hydrogen (secondary N) is 1. The summed E-state index contributed by atoms with van der Waals surface area (Å²) >= 11 is 1.70. The van der Waals surface area contributed by atoms with Crippen molar-refractivity contribution in [1.29, 1.82) is 0 Å². The Morgan fingerprint density at radius 3 is 2.33 bits per heavy atom. The molecule has 3 aromatic carbocycles.